The first-order valence-corrected chi connectivity index (χ1v) is 4.08. The van der Waals surface area contributed by atoms with E-state index in [4.69, 9.17) is 5.73 Å². The van der Waals surface area contributed by atoms with Gasteiger partial charge < -0.3 is 5.73 Å². The zero-order valence-corrected chi connectivity index (χ0v) is 8.54. The number of halogens is 3. The van der Waals surface area contributed by atoms with E-state index < -0.39 is 6.05 Å². The standard InChI is InChI=1S/C8H15F2N2.ClH/c1-7(11)3-5-12(6-4-7)8(2,9)10;/h2-6,11H2,1H3;1H. The van der Waals surface area contributed by atoms with Gasteiger partial charge in [-0.3, -0.25) is 0 Å². The van der Waals surface area contributed by atoms with Crippen LogP contribution in [0.2, 0.25) is 0 Å². The summed E-state index contributed by atoms with van der Waals surface area (Å²) < 4.78 is 25.3. The summed E-state index contributed by atoms with van der Waals surface area (Å²) in [5.41, 5.74) is 5.52. The van der Waals surface area contributed by atoms with E-state index in [1.54, 1.807) is 0 Å². The Balaban J connectivity index is 0.00000144. The normalized spacial score (nSPS) is 23.8. The molecule has 2 N–H and O–H groups in total. The lowest BCUT2D eigenvalue weighted by atomic mass is 9.91. The highest BCUT2D eigenvalue weighted by atomic mass is 35.5. The largest absolute Gasteiger partial charge is 0.325 e. The molecule has 0 unspecified atom stereocenters. The fraction of sp³-hybridized carbons (Fsp3) is 0.875. The van der Waals surface area contributed by atoms with Gasteiger partial charge in [0.25, 0.3) is 0 Å². The van der Waals surface area contributed by atoms with Crippen molar-refractivity contribution in [2.75, 3.05) is 13.1 Å². The van der Waals surface area contributed by atoms with E-state index in [2.05, 4.69) is 6.92 Å². The second kappa shape index (κ2) is 4.07. The van der Waals surface area contributed by atoms with Gasteiger partial charge in [0.2, 0.25) is 0 Å². The minimum atomic E-state index is -2.93. The second-order valence-corrected chi connectivity index (χ2v) is 3.81. The van der Waals surface area contributed by atoms with Crippen molar-refractivity contribution in [2.45, 2.75) is 31.4 Å². The molecular formula is C8H16ClF2N2. The number of hydrogen-bond acceptors (Lipinski definition) is 2. The minimum absolute atomic E-state index is 0. The summed E-state index contributed by atoms with van der Waals surface area (Å²) >= 11 is 0. The summed E-state index contributed by atoms with van der Waals surface area (Å²) in [5.74, 6) is 0. The third-order valence-corrected chi connectivity index (χ3v) is 2.37. The Labute approximate surface area is 83.9 Å². The molecule has 0 spiro atoms. The number of hydrogen-bond donors (Lipinski definition) is 1. The predicted octanol–water partition coefficient (Wildman–Crippen LogP) is 1.65. The first-order chi connectivity index (χ1) is 5.31. The lowest BCUT2D eigenvalue weighted by Gasteiger charge is -2.39. The maximum absolute atomic E-state index is 12.6. The molecule has 0 amide bonds. The SMILES string of the molecule is Cl.[CH2]C(F)(F)N1CCC(C)(N)CC1. The fourth-order valence-corrected chi connectivity index (χ4v) is 1.34. The summed E-state index contributed by atoms with van der Waals surface area (Å²) in [6.45, 7) is 5.36. The quantitative estimate of drug-likeness (QED) is 0.672. The van der Waals surface area contributed by atoms with Gasteiger partial charge in [-0.15, -0.1) is 12.4 Å². The predicted molar refractivity (Wildman–Crippen MR) is 51.0 cm³/mol. The molecular weight excluding hydrogens is 198 g/mol. The van der Waals surface area contributed by atoms with Crippen molar-refractivity contribution in [3.63, 3.8) is 0 Å². The molecule has 1 heterocycles. The van der Waals surface area contributed by atoms with Gasteiger partial charge in [-0.05, 0) is 19.8 Å². The Morgan fingerprint density at radius 3 is 2.08 bits per heavy atom. The third kappa shape index (κ3) is 3.75. The van der Waals surface area contributed by atoms with E-state index in [9.17, 15) is 8.78 Å². The van der Waals surface area contributed by atoms with Crippen LogP contribution in [0.25, 0.3) is 0 Å². The van der Waals surface area contributed by atoms with Crippen LogP contribution >= 0.6 is 12.4 Å². The minimum Gasteiger partial charge on any atom is -0.325 e. The van der Waals surface area contributed by atoms with Crippen molar-refractivity contribution in [1.82, 2.24) is 4.90 Å². The van der Waals surface area contributed by atoms with E-state index >= 15 is 0 Å². The lowest BCUT2D eigenvalue weighted by molar-refractivity contribution is -0.119. The van der Waals surface area contributed by atoms with E-state index in [0.717, 1.165) is 4.90 Å². The number of alkyl halides is 2. The van der Waals surface area contributed by atoms with Gasteiger partial charge in [-0.2, -0.15) is 8.78 Å². The highest BCUT2D eigenvalue weighted by Gasteiger charge is 2.36. The van der Waals surface area contributed by atoms with Crippen LogP contribution in [0.4, 0.5) is 8.78 Å². The summed E-state index contributed by atoms with van der Waals surface area (Å²) in [6.07, 6.45) is 1.22. The van der Waals surface area contributed by atoms with Gasteiger partial charge in [0, 0.05) is 25.6 Å². The van der Waals surface area contributed by atoms with E-state index in [-0.39, 0.29) is 17.9 Å². The molecule has 79 valence electrons. The van der Waals surface area contributed by atoms with Crippen molar-refractivity contribution < 1.29 is 8.78 Å². The number of nitrogens with two attached hydrogens (primary N) is 1. The molecule has 1 aliphatic heterocycles. The Hall–Kier alpha value is 0.0700. The van der Waals surface area contributed by atoms with Gasteiger partial charge >= 0.3 is 6.05 Å². The molecule has 0 saturated carbocycles. The number of piperidine rings is 1. The molecule has 0 aromatic carbocycles. The lowest BCUT2D eigenvalue weighted by Crippen LogP contribution is -2.52. The van der Waals surface area contributed by atoms with Crippen LogP contribution in [0.5, 0.6) is 0 Å². The Kier molecular flexibility index (Phi) is 4.09. The van der Waals surface area contributed by atoms with Crippen LogP contribution in [-0.2, 0) is 0 Å². The number of rotatable bonds is 1. The third-order valence-electron chi connectivity index (χ3n) is 2.37. The molecule has 1 fully saturated rings. The van der Waals surface area contributed by atoms with Crippen molar-refractivity contribution >= 4 is 12.4 Å². The summed E-state index contributed by atoms with van der Waals surface area (Å²) in [7, 11) is 0. The van der Waals surface area contributed by atoms with Gasteiger partial charge in [0.1, 0.15) is 0 Å². The summed E-state index contributed by atoms with van der Waals surface area (Å²) in [4.78, 5) is 1.07. The van der Waals surface area contributed by atoms with Crippen LogP contribution in [0, 0.1) is 6.92 Å². The van der Waals surface area contributed by atoms with Gasteiger partial charge in [0.05, 0.1) is 0 Å². The molecule has 0 aromatic heterocycles. The topological polar surface area (TPSA) is 29.3 Å². The van der Waals surface area contributed by atoms with E-state index in [0.29, 0.717) is 25.9 Å². The van der Waals surface area contributed by atoms with Gasteiger partial charge in [-0.1, -0.05) is 0 Å². The van der Waals surface area contributed by atoms with E-state index in [1.165, 1.54) is 0 Å². The number of nitrogens with zero attached hydrogens (tertiary/aromatic N) is 1. The first kappa shape index (κ1) is 13.1. The molecule has 0 atom stereocenters. The maximum atomic E-state index is 12.6. The molecule has 13 heavy (non-hydrogen) atoms. The van der Waals surface area contributed by atoms with Crippen LogP contribution in [0.1, 0.15) is 19.8 Å². The molecule has 1 radical (unpaired) electrons. The summed E-state index contributed by atoms with van der Waals surface area (Å²) in [6, 6.07) is -2.93. The molecule has 0 aliphatic carbocycles. The molecule has 0 aromatic rings. The second-order valence-electron chi connectivity index (χ2n) is 3.81. The monoisotopic (exact) mass is 213 g/mol. The summed E-state index contributed by atoms with van der Waals surface area (Å²) in [5, 5.41) is 0. The maximum Gasteiger partial charge on any atom is 0.305 e. The molecule has 2 nitrogen and oxygen atoms in total. The van der Waals surface area contributed by atoms with Gasteiger partial charge in [-0.25, -0.2) is 4.90 Å². The Morgan fingerprint density at radius 1 is 1.38 bits per heavy atom. The molecule has 1 rings (SSSR count). The molecule has 5 heteroatoms. The van der Waals surface area contributed by atoms with Crippen LogP contribution in [0.3, 0.4) is 0 Å². The average Bonchev–Trinajstić information content (AvgIpc) is 1.83. The zero-order chi connectivity index (χ0) is 9.41. The molecule has 0 bridgehead atoms. The number of likely N-dealkylation sites (tertiary alicyclic amines) is 1. The zero-order valence-electron chi connectivity index (χ0n) is 7.72. The first-order valence-electron chi connectivity index (χ1n) is 4.08. The highest BCUT2D eigenvalue weighted by molar-refractivity contribution is 5.85. The Morgan fingerprint density at radius 2 is 1.77 bits per heavy atom. The van der Waals surface area contributed by atoms with Crippen LogP contribution < -0.4 is 5.73 Å². The van der Waals surface area contributed by atoms with E-state index in [1.807, 2.05) is 6.92 Å². The molecule has 1 saturated heterocycles. The Bertz CT molecular complexity index is 158. The fourth-order valence-electron chi connectivity index (χ4n) is 1.34. The van der Waals surface area contributed by atoms with Crippen molar-refractivity contribution in [3.05, 3.63) is 6.92 Å². The van der Waals surface area contributed by atoms with Crippen LogP contribution in [-0.4, -0.2) is 29.6 Å². The van der Waals surface area contributed by atoms with Gasteiger partial charge in [0.15, 0.2) is 0 Å². The smallest absolute Gasteiger partial charge is 0.305 e. The van der Waals surface area contributed by atoms with Crippen molar-refractivity contribution in [2.24, 2.45) is 5.73 Å². The van der Waals surface area contributed by atoms with Crippen molar-refractivity contribution in [3.8, 4) is 0 Å². The average molecular weight is 214 g/mol. The highest BCUT2D eigenvalue weighted by Crippen LogP contribution is 2.26. The molecule has 1 aliphatic rings. The van der Waals surface area contributed by atoms with Crippen LogP contribution in [0.15, 0.2) is 0 Å². The van der Waals surface area contributed by atoms with Crippen molar-refractivity contribution in [1.29, 1.82) is 0 Å².